The molecular formula is C21H14F5N3S. The molecule has 0 radical (unpaired) electrons. The summed E-state index contributed by atoms with van der Waals surface area (Å²) in [5, 5.41) is 0. The Morgan fingerprint density at radius 3 is 2.40 bits per heavy atom. The van der Waals surface area contributed by atoms with Crippen LogP contribution in [0.1, 0.15) is 12.5 Å². The second-order valence-corrected chi connectivity index (χ2v) is 7.77. The minimum Gasteiger partial charge on any atom is -0.306 e. The van der Waals surface area contributed by atoms with Crippen molar-refractivity contribution in [1.29, 1.82) is 0 Å². The maximum Gasteiger partial charge on any atom is 0.416 e. The molecule has 9 heteroatoms. The van der Waals surface area contributed by atoms with Gasteiger partial charge in [-0.3, -0.25) is 4.98 Å². The maximum absolute atomic E-state index is 13.6. The highest BCUT2D eigenvalue weighted by molar-refractivity contribution is 7.99. The average Bonchev–Trinajstić information content (AvgIpc) is 3.10. The number of fused-ring (bicyclic) bond motifs is 1. The highest BCUT2D eigenvalue weighted by Crippen LogP contribution is 2.34. The van der Waals surface area contributed by atoms with Crippen LogP contribution in [0.5, 0.6) is 0 Å². The molecule has 0 saturated carbocycles. The summed E-state index contributed by atoms with van der Waals surface area (Å²) in [7, 11) is 0. The molecule has 1 aromatic carbocycles. The van der Waals surface area contributed by atoms with Gasteiger partial charge in [-0.05, 0) is 41.6 Å². The molecule has 0 N–H and O–H groups in total. The Bertz CT molecular complexity index is 1210. The first-order valence-electron chi connectivity index (χ1n) is 8.90. The fourth-order valence-electron chi connectivity index (χ4n) is 3.05. The molecule has 0 spiro atoms. The number of benzene rings is 1. The molecule has 0 atom stereocenters. The third-order valence-electron chi connectivity index (χ3n) is 4.38. The minimum absolute atomic E-state index is 0.144. The molecule has 0 aliphatic heterocycles. The molecule has 0 aliphatic rings. The normalized spacial score (nSPS) is 11.9. The summed E-state index contributed by atoms with van der Waals surface area (Å²) in [6, 6.07) is 6.91. The van der Waals surface area contributed by atoms with Crippen molar-refractivity contribution in [3.05, 3.63) is 72.2 Å². The predicted octanol–water partition coefficient (Wildman–Crippen LogP) is 6.47. The first kappa shape index (κ1) is 20.3. The molecule has 4 rings (SSSR count). The van der Waals surface area contributed by atoms with Crippen LogP contribution >= 0.6 is 11.8 Å². The molecule has 3 heterocycles. The molecule has 4 aromatic rings. The van der Waals surface area contributed by atoms with E-state index in [-0.39, 0.29) is 5.65 Å². The Hall–Kier alpha value is -2.94. The number of nitrogens with zero attached hydrogens (tertiary/aromatic N) is 3. The molecule has 154 valence electrons. The summed E-state index contributed by atoms with van der Waals surface area (Å²) >= 11 is 1.45. The van der Waals surface area contributed by atoms with Gasteiger partial charge in [0.05, 0.1) is 5.56 Å². The zero-order chi connectivity index (χ0) is 21.5. The summed E-state index contributed by atoms with van der Waals surface area (Å²) in [4.78, 5) is 9.41. The van der Waals surface area contributed by atoms with Crippen LogP contribution in [-0.2, 0) is 6.18 Å². The smallest absolute Gasteiger partial charge is 0.306 e. The van der Waals surface area contributed by atoms with E-state index in [9.17, 15) is 22.0 Å². The third-order valence-corrected chi connectivity index (χ3v) is 5.29. The van der Waals surface area contributed by atoms with Crippen molar-refractivity contribution < 1.29 is 22.0 Å². The van der Waals surface area contributed by atoms with Crippen molar-refractivity contribution in [1.82, 2.24) is 14.4 Å². The Kier molecular flexibility index (Phi) is 5.23. The second-order valence-electron chi connectivity index (χ2n) is 6.47. The number of alkyl halides is 3. The van der Waals surface area contributed by atoms with Gasteiger partial charge in [-0.1, -0.05) is 6.92 Å². The molecule has 30 heavy (non-hydrogen) atoms. The van der Waals surface area contributed by atoms with E-state index in [1.807, 2.05) is 6.92 Å². The summed E-state index contributed by atoms with van der Waals surface area (Å²) in [6.45, 7) is 1.93. The van der Waals surface area contributed by atoms with Crippen LogP contribution in [0.15, 0.2) is 59.9 Å². The lowest BCUT2D eigenvalue weighted by atomic mass is 10.1. The summed E-state index contributed by atoms with van der Waals surface area (Å²) in [5.74, 6) is -0.694. The Balaban J connectivity index is 1.80. The predicted molar refractivity (Wildman–Crippen MR) is 105 cm³/mol. The lowest BCUT2D eigenvalue weighted by Crippen LogP contribution is -2.05. The number of halogens is 5. The fourth-order valence-corrected chi connectivity index (χ4v) is 3.87. The highest BCUT2D eigenvalue weighted by atomic mass is 32.2. The van der Waals surface area contributed by atoms with E-state index in [1.165, 1.54) is 40.7 Å². The Morgan fingerprint density at radius 2 is 1.73 bits per heavy atom. The number of hydrogen-bond acceptors (Lipinski definition) is 3. The van der Waals surface area contributed by atoms with Crippen molar-refractivity contribution in [2.24, 2.45) is 0 Å². The molecule has 0 unspecified atom stereocenters. The van der Waals surface area contributed by atoms with Crippen molar-refractivity contribution in [3.63, 3.8) is 0 Å². The van der Waals surface area contributed by atoms with E-state index in [2.05, 4.69) is 9.97 Å². The summed E-state index contributed by atoms with van der Waals surface area (Å²) < 4.78 is 67.6. The first-order valence-corrected chi connectivity index (χ1v) is 9.89. The van der Waals surface area contributed by atoms with Crippen LogP contribution in [0.4, 0.5) is 22.0 Å². The fraction of sp³-hybridized carbons (Fsp3) is 0.143. The van der Waals surface area contributed by atoms with E-state index in [4.69, 9.17) is 0 Å². The largest absolute Gasteiger partial charge is 0.416 e. The summed E-state index contributed by atoms with van der Waals surface area (Å²) in [5.41, 5.74) is 1.12. The SMILES string of the molecule is CCSc1cc(-c2cc(F)cc(F)c2)cnc1-c1cn2ccc(C(F)(F)F)cc2n1. The van der Waals surface area contributed by atoms with Gasteiger partial charge in [0.2, 0.25) is 0 Å². The molecule has 0 saturated heterocycles. The third kappa shape index (κ3) is 4.02. The van der Waals surface area contributed by atoms with Crippen molar-refractivity contribution >= 4 is 17.4 Å². The zero-order valence-corrected chi connectivity index (χ0v) is 16.4. The molecule has 0 aliphatic carbocycles. The number of imidazole rings is 1. The topological polar surface area (TPSA) is 30.2 Å². The Morgan fingerprint density at radius 1 is 1.00 bits per heavy atom. The number of rotatable bonds is 4. The van der Waals surface area contributed by atoms with Gasteiger partial charge in [0.1, 0.15) is 28.7 Å². The van der Waals surface area contributed by atoms with Crippen LogP contribution in [0, 0.1) is 11.6 Å². The van der Waals surface area contributed by atoms with Crippen molar-refractivity contribution in [2.75, 3.05) is 5.75 Å². The molecule has 0 fully saturated rings. The standard InChI is InChI=1S/C21H14F5N3S/c1-2-30-18-7-13(12-5-15(22)9-16(23)6-12)10-27-20(18)17-11-29-4-3-14(21(24,25)26)8-19(29)28-17/h3-11H,2H2,1H3. The van der Waals surface area contributed by atoms with Crippen LogP contribution in [0.3, 0.4) is 0 Å². The van der Waals surface area contributed by atoms with Gasteiger partial charge < -0.3 is 4.40 Å². The van der Waals surface area contributed by atoms with Crippen LogP contribution < -0.4 is 0 Å². The highest BCUT2D eigenvalue weighted by Gasteiger charge is 2.31. The van der Waals surface area contributed by atoms with E-state index >= 15 is 0 Å². The van der Waals surface area contributed by atoms with Crippen LogP contribution in [0.2, 0.25) is 0 Å². The van der Waals surface area contributed by atoms with Crippen molar-refractivity contribution in [3.8, 4) is 22.5 Å². The van der Waals surface area contributed by atoms with E-state index in [0.717, 1.165) is 18.2 Å². The zero-order valence-electron chi connectivity index (χ0n) is 15.5. The minimum atomic E-state index is -4.46. The van der Waals surface area contributed by atoms with Gasteiger partial charge in [0.25, 0.3) is 0 Å². The lowest BCUT2D eigenvalue weighted by molar-refractivity contribution is -0.137. The van der Waals surface area contributed by atoms with Gasteiger partial charge in [-0.2, -0.15) is 13.2 Å². The van der Waals surface area contributed by atoms with Gasteiger partial charge in [0, 0.05) is 35.1 Å². The number of pyridine rings is 2. The van der Waals surface area contributed by atoms with Gasteiger partial charge in [0.15, 0.2) is 0 Å². The number of thioether (sulfide) groups is 1. The first-order chi connectivity index (χ1) is 14.2. The second kappa shape index (κ2) is 7.71. The van der Waals surface area contributed by atoms with E-state index in [1.54, 1.807) is 12.3 Å². The maximum atomic E-state index is 13.6. The number of hydrogen-bond donors (Lipinski definition) is 0. The number of aromatic nitrogens is 3. The average molecular weight is 435 g/mol. The van der Waals surface area contributed by atoms with Gasteiger partial charge in [-0.25, -0.2) is 13.8 Å². The quantitative estimate of drug-likeness (QED) is 0.272. The van der Waals surface area contributed by atoms with Gasteiger partial charge >= 0.3 is 6.18 Å². The molecule has 0 amide bonds. The van der Waals surface area contributed by atoms with Crippen LogP contribution in [-0.4, -0.2) is 20.1 Å². The van der Waals surface area contributed by atoms with Gasteiger partial charge in [-0.15, -0.1) is 11.8 Å². The van der Waals surface area contributed by atoms with Crippen LogP contribution in [0.25, 0.3) is 28.2 Å². The lowest BCUT2D eigenvalue weighted by Gasteiger charge is -2.09. The van der Waals surface area contributed by atoms with E-state index in [0.29, 0.717) is 33.2 Å². The summed E-state index contributed by atoms with van der Waals surface area (Å²) in [6.07, 6.45) is -0.101. The molecule has 3 nitrogen and oxygen atoms in total. The molecular weight excluding hydrogens is 421 g/mol. The Labute approximate surface area is 172 Å². The van der Waals surface area contributed by atoms with Crippen molar-refractivity contribution in [2.45, 2.75) is 18.0 Å². The van der Waals surface area contributed by atoms with E-state index < -0.39 is 23.4 Å². The monoisotopic (exact) mass is 435 g/mol. The molecule has 3 aromatic heterocycles. The molecule has 0 bridgehead atoms.